The number of carbonyl (C=O) groups is 1. The Kier molecular flexibility index (Phi) is 6.23. The van der Waals surface area contributed by atoms with Gasteiger partial charge in [-0.2, -0.15) is 13.2 Å². The normalized spacial score (nSPS) is 12.4. The van der Waals surface area contributed by atoms with Crippen molar-refractivity contribution in [2.75, 3.05) is 6.61 Å². The predicted molar refractivity (Wildman–Crippen MR) is 100 cm³/mol. The third kappa shape index (κ3) is 5.17. The summed E-state index contributed by atoms with van der Waals surface area (Å²) in [5, 5.41) is 0. The molecule has 0 radical (unpaired) electrons. The Labute approximate surface area is 165 Å². The molecule has 0 aliphatic rings. The van der Waals surface area contributed by atoms with Gasteiger partial charge in [-0.25, -0.2) is 4.98 Å². The second-order valence-corrected chi connectivity index (χ2v) is 6.27. The average Bonchev–Trinajstić information content (AvgIpc) is 2.73. The summed E-state index contributed by atoms with van der Waals surface area (Å²) in [6, 6.07) is 13.8. The Hall–Kier alpha value is -3.26. The molecule has 0 bridgehead atoms. The van der Waals surface area contributed by atoms with Crippen LogP contribution >= 0.6 is 0 Å². The summed E-state index contributed by atoms with van der Waals surface area (Å²) < 4.78 is 45.5. The van der Waals surface area contributed by atoms with Crippen molar-refractivity contribution in [1.82, 2.24) is 9.97 Å². The smallest absolute Gasteiger partial charge is 0.418 e. The zero-order valence-electron chi connectivity index (χ0n) is 15.3. The van der Waals surface area contributed by atoms with Gasteiger partial charge in [0.2, 0.25) is 11.7 Å². The molecule has 1 atom stereocenters. The number of hydrogen-bond acceptors (Lipinski definition) is 5. The molecule has 3 rings (SSSR count). The van der Waals surface area contributed by atoms with Crippen LogP contribution in [0.1, 0.15) is 39.6 Å². The second kappa shape index (κ2) is 8.83. The summed E-state index contributed by atoms with van der Waals surface area (Å²) in [6.07, 6.45) is -1.69. The number of hydrogen-bond donors (Lipinski definition) is 1. The first-order valence-electron chi connectivity index (χ1n) is 8.82. The van der Waals surface area contributed by atoms with E-state index in [-0.39, 0.29) is 24.1 Å². The molecule has 0 aliphatic carbocycles. The zero-order chi connectivity index (χ0) is 20.9. The Balaban J connectivity index is 1.77. The van der Waals surface area contributed by atoms with Crippen molar-refractivity contribution >= 4 is 5.78 Å². The molecule has 150 valence electrons. The Bertz CT molecular complexity index is 964. The number of rotatable bonds is 7. The summed E-state index contributed by atoms with van der Waals surface area (Å²) in [7, 11) is 0. The fraction of sp³-hybridized carbons (Fsp3) is 0.190. The van der Waals surface area contributed by atoms with Crippen molar-refractivity contribution in [3.63, 3.8) is 0 Å². The molecule has 8 heteroatoms. The van der Waals surface area contributed by atoms with E-state index in [9.17, 15) is 18.0 Å². The molecular weight excluding hydrogens is 383 g/mol. The first kappa shape index (κ1) is 20.5. The molecule has 1 aromatic carbocycles. The molecule has 2 N–H and O–H groups in total. The minimum Gasteiger partial charge on any atom is -0.478 e. The predicted octanol–water partition coefficient (Wildman–Crippen LogP) is 4.20. The van der Waals surface area contributed by atoms with Crippen LogP contribution in [0, 0.1) is 0 Å². The molecule has 0 amide bonds. The van der Waals surface area contributed by atoms with Gasteiger partial charge in [0.25, 0.3) is 0 Å². The number of halogens is 3. The molecule has 5 nitrogen and oxygen atoms in total. The number of nitrogens with zero attached hydrogens (tertiary/aromatic N) is 2. The van der Waals surface area contributed by atoms with Crippen LogP contribution in [-0.4, -0.2) is 22.4 Å². The Morgan fingerprint density at radius 2 is 1.83 bits per heavy atom. The van der Waals surface area contributed by atoms with Gasteiger partial charge in [0.1, 0.15) is 5.69 Å². The zero-order valence-corrected chi connectivity index (χ0v) is 15.3. The summed E-state index contributed by atoms with van der Waals surface area (Å²) in [5.41, 5.74) is 5.16. The highest BCUT2D eigenvalue weighted by Crippen LogP contribution is 2.33. The molecule has 0 aliphatic heterocycles. The first-order chi connectivity index (χ1) is 13.9. The van der Waals surface area contributed by atoms with E-state index < -0.39 is 23.2 Å². The molecule has 0 fully saturated rings. The number of ether oxygens (including phenoxy) is 1. The van der Waals surface area contributed by atoms with E-state index in [0.29, 0.717) is 6.42 Å². The Morgan fingerprint density at radius 3 is 2.48 bits per heavy atom. The van der Waals surface area contributed by atoms with Gasteiger partial charge in [-0.3, -0.25) is 9.78 Å². The van der Waals surface area contributed by atoms with E-state index in [1.54, 1.807) is 0 Å². The van der Waals surface area contributed by atoms with E-state index in [0.717, 1.165) is 17.7 Å². The van der Waals surface area contributed by atoms with Crippen LogP contribution in [-0.2, 0) is 6.18 Å². The highest BCUT2D eigenvalue weighted by atomic mass is 19.4. The lowest BCUT2D eigenvalue weighted by Gasteiger charge is -2.15. The minimum atomic E-state index is -4.73. The van der Waals surface area contributed by atoms with Gasteiger partial charge in [0.15, 0.2) is 0 Å². The van der Waals surface area contributed by atoms with Crippen LogP contribution in [0.25, 0.3) is 0 Å². The number of benzene rings is 1. The number of alkyl halides is 3. The van der Waals surface area contributed by atoms with Crippen molar-refractivity contribution in [2.24, 2.45) is 5.73 Å². The van der Waals surface area contributed by atoms with Gasteiger partial charge in [-0.05, 0) is 23.8 Å². The molecule has 1 unspecified atom stereocenters. The maximum atomic E-state index is 13.3. The molecule has 29 heavy (non-hydrogen) atoms. The lowest BCUT2D eigenvalue weighted by atomic mass is 10.0. The molecule has 0 spiro atoms. The summed E-state index contributed by atoms with van der Waals surface area (Å²) in [5.74, 6) is -0.956. The Morgan fingerprint density at radius 1 is 1.07 bits per heavy atom. The lowest BCUT2D eigenvalue weighted by molar-refractivity contribution is -0.138. The van der Waals surface area contributed by atoms with Crippen LogP contribution in [0.15, 0.2) is 67.0 Å². The fourth-order valence-electron chi connectivity index (χ4n) is 2.71. The monoisotopic (exact) mass is 401 g/mol. The molecule has 2 heterocycles. The van der Waals surface area contributed by atoms with Gasteiger partial charge in [0.05, 0.1) is 12.2 Å². The molecular formula is C21H18F3N3O2. The SMILES string of the molecule is NC(CCOc1ccc(C(F)(F)F)c(C(=O)c2cccnc2)n1)c1ccccc1. The quantitative estimate of drug-likeness (QED) is 0.601. The largest absolute Gasteiger partial charge is 0.478 e. The molecule has 0 saturated carbocycles. The van der Waals surface area contributed by atoms with E-state index in [2.05, 4.69) is 9.97 Å². The fourth-order valence-corrected chi connectivity index (χ4v) is 2.71. The van der Waals surface area contributed by atoms with E-state index in [4.69, 9.17) is 10.5 Å². The van der Waals surface area contributed by atoms with Crippen molar-refractivity contribution < 1.29 is 22.7 Å². The topological polar surface area (TPSA) is 78.1 Å². The summed E-state index contributed by atoms with van der Waals surface area (Å²) >= 11 is 0. The highest BCUT2D eigenvalue weighted by molar-refractivity contribution is 6.08. The summed E-state index contributed by atoms with van der Waals surface area (Å²) in [6.45, 7) is 0.134. The van der Waals surface area contributed by atoms with E-state index in [1.807, 2.05) is 30.3 Å². The van der Waals surface area contributed by atoms with Crippen molar-refractivity contribution in [3.05, 3.63) is 89.4 Å². The maximum Gasteiger partial charge on any atom is 0.418 e. The number of pyridine rings is 2. The highest BCUT2D eigenvalue weighted by Gasteiger charge is 2.36. The minimum absolute atomic E-state index is 0.00810. The van der Waals surface area contributed by atoms with Crippen LogP contribution in [0.4, 0.5) is 13.2 Å². The van der Waals surface area contributed by atoms with Crippen molar-refractivity contribution in [3.8, 4) is 5.88 Å². The molecule has 3 aromatic rings. The van der Waals surface area contributed by atoms with Crippen LogP contribution < -0.4 is 10.5 Å². The molecule has 2 aromatic heterocycles. The van der Waals surface area contributed by atoms with Crippen molar-refractivity contribution in [1.29, 1.82) is 0 Å². The number of nitrogens with two attached hydrogens (primary N) is 1. The summed E-state index contributed by atoms with van der Waals surface area (Å²) in [4.78, 5) is 20.1. The third-order valence-corrected chi connectivity index (χ3v) is 4.22. The van der Waals surface area contributed by atoms with Gasteiger partial charge >= 0.3 is 6.18 Å². The lowest BCUT2D eigenvalue weighted by Crippen LogP contribution is -2.17. The third-order valence-electron chi connectivity index (χ3n) is 4.22. The van der Waals surface area contributed by atoms with E-state index in [1.165, 1.54) is 24.5 Å². The second-order valence-electron chi connectivity index (χ2n) is 6.27. The van der Waals surface area contributed by atoms with Crippen LogP contribution in [0.5, 0.6) is 5.88 Å². The maximum absolute atomic E-state index is 13.3. The number of aromatic nitrogens is 2. The number of ketones is 1. The van der Waals surface area contributed by atoms with Gasteiger partial charge in [0, 0.05) is 36.5 Å². The van der Waals surface area contributed by atoms with Crippen LogP contribution in [0.2, 0.25) is 0 Å². The first-order valence-corrected chi connectivity index (χ1v) is 8.82. The molecule has 0 saturated heterocycles. The van der Waals surface area contributed by atoms with Crippen LogP contribution in [0.3, 0.4) is 0 Å². The number of carbonyl (C=O) groups excluding carboxylic acids is 1. The van der Waals surface area contributed by atoms with E-state index >= 15 is 0 Å². The average molecular weight is 401 g/mol. The van der Waals surface area contributed by atoms with Gasteiger partial charge in [-0.1, -0.05) is 30.3 Å². The van der Waals surface area contributed by atoms with Crippen molar-refractivity contribution in [2.45, 2.75) is 18.6 Å². The van der Waals surface area contributed by atoms with Gasteiger partial charge < -0.3 is 10.5 Å². The van der Waals surface area contributed by atoms with Gasteiger partial charge in [-0.15, -0.1) is 0 Å². The standard InChI is InChI=1S/C21H18F3N3O2/c22-21(23,24)16-8-9-18(27-19(16)20(28)15-7-4-11-26-13-15)29-12-10-17(25)14-5-2-1-3-6-14/h1-9,11,13,17H,10,12,25H2.